The van der Waals surface area contributed by atoms with Crippen LogP contribution in [-0.4, -0.2) is 11.0 Å². The molecule has 0 atom stereocenters. The molecule has 0 aliphatic heterocycles. The van der Waals surface area contributed by atoms with Gasteiger partial charge in [0, 0.05) is 6.04 Å². The van der Waals surface area contributed by atoms with Gasteiger partial charge in [0.25, 0.3) is 0 Å². The molecule has 1 aromatic carbocycles. The number of aromatic nitrogens is 1. The van der Waals surface area contributed by atoms with Crippen LogP contribution in [0.4, 0.5) is 0 Å². The smallest absolute Gasteiger partial charge is 0.166 e. The topological polar surface area (TPSA) is 24.9 Å². The van der Waals surface area contributed by atoms with Crippen LogP contribution in [0.2, 0.25) is 0 Å². The number of nitrogens with zero attached hydrogens (tertiary/aromatic N) is 1. The first-order valence-corrected chi connectivity index (χ1v) is 9.19. The van der Waals surface area contributed by atoms with Crippen molar-refractivity contribution in [1.82, 2.24) is 9.71 Å². The lowest BCUT2D eigenvalue weighted by Crippen LogP contribution is -2.13. The van der Waals surface area contributed by atoms with Gasteiger partial charge in [-0.15, -0.1) is 11.3 Å². The summed E-state index contributed by atoms with van der Waals surface area (Å²) in [4.78, 5) is 4.88. The Morgan fingerprint density at radius 1 is 1.25 bits per heavy atom. The zero-order valence-corrected chi connectivity index (χ0v) is 13.8. The number of para-hydroxylation sites is 1. The summed E-state index contributed by atoms with van der Waals surface area (Å²) >= 11 is 3.47. The number of thiazole rings is 1. The van der Waals surface area contributed by atoms with Gasteiger partial charge < -0.3 is 0 Å². The molecular weight excluding hydrogens is 284 g/mol. The predicted molar refractivity (Wildman–Crippen MR) is 89.6 cm³/mol. The van der Waals surface area contributed by atoms with Gasteiger partial charge >= 0.3 is 0 Å². The van der Waals surface area contributed by atoms with Crippen LogP contribution in [0.5, 0.6) is 0 Å². The Labute approximate surface area is 129 Å². The molecule has 0 bridgehead atoms. The molecule has 108 valence electrons. The third-order valence-electron chi connectivity index (χ3n) is 3.86. The highest BCUT2D eigenvalue weighted by Crippen LogP contribution is 2.38. The highest BCUT2D eigenvalue weighted by Gasteiger charge is 2.19. The number of fused-ring (bicyclic) bond motifs is 1. The maximum atomic E-state index is 4.88. The Morgan fingerprint density at radius 3 is 2.80 bits per heavy atom. The van der Waals surface area contributed by atoms with Crippen LogP contribution in [0, 0.1) is 0 Å². The highest BCUT2D eigenvalue weighted by atomic mass is 32.2. The fourth-order valence-electron chi connectivity index (χ4n) is 2.90. The molecule has 1 heterocycles. The molecule has 1 aliphatic carbocycles. The van der Waals surface area contributed by atoms with Gasteiger partial charge in [-0.1, -0.05) is 31.4 Å². The molecule has 2 aromatic rings. The molecule has 20 heavy (non-hydrogen) atoms. The third-order valence-corrected chi connectivity index (χ3v) is 6.03. The Kier molecular flexibility index (Phi) is 4.64. The van der Waals surface area contributed by atoms with Crippen molar-refractivity contribution in [1.29, 1.82) is 0 Å². The summed E-state index contributed by atoms with van der Waals surface area (Å²) in [5.41, 5.74) is 2.73. The first-order valence-electron chi connectivity index (χ1n) is 7.56. The number of rotatable bonds is 4. The molecule has 1 fully saturated rings. The van der Waals surface area contributed by atoms with Crippen molar-refractivity contribution in [2.45, 2.75) is 62.3 Å². The molecule has 0 radical (unpaired) electrons. The van der Waals surface area contributed by atoms with E-state index in [0.29, 0.717) is 6.04 Å². The van der Waals surface area contributed by atoms with Crippen LogP contribution in [0.3, 0.4) is 0 Å². The number of hydrogen-bond acceptors (Lipinski definition) is 4. The van der Waals surface area contributed by atoms with Gasteiger partial charge in [-0.2, -0.15) is 0 Å². The van der Waals surface area contributed by atoms with Gasteiger partial charge in [-0.05, 0) is 56.2 Å². The van der Waals surface area contributed by atoms with E-state index in [2.05, 4.69) is 36.8 Å². The average Bonchev–Trinajstić information content (AvgIpc) is 2.89. The molecule has 1 aliphatic rings. The maximum Gasteiger partial charge on any atom is 0.166 e. The van der Waals surface area contributed by atoms with Crippen LogP contribution in [0.1, 0.15) is 57.4 Å². The fraction of sp³-hybridized carbons (Fsp3) is 0.562. The minimum atomic E-state index is 0.477. The zero-order chi connectivity index (χ0) is 13.9. The molecule has 0 saturated heterocycles. The van der Waals surface area contributed by atoms with Gasteiger partial charge in [-0.3, -0.25) is 4.72 Å². The Hall–Kier alpha value is -0.580. The van der Waals surface area contributed by atoms with E-state index in [1.165, 1.54) is 47.9 Å². The van der Waals surface area contributed by atoms with Gasteiger partial charge in [0.15, 0.2) is 4.34 Å². The summed E-state index contributed by atoms with van der Waals surface area (Å²) in [7, 11) is 0. The molecule has 1 N–H and O–H groups in total. The normalized spacial score (nSPS) is 17.1. The molecular formula is C16H22N2S2. The van der Waals surface area contributed by atoms with Crippen molar-refractivity contribution in [2.75, 3.05) is 0 Å². The average molecular weight is 306 g/mol. The number of benzene rings is 1. The van der Waals surface area contributed by atoms with Crippen molar-refractivity contribution in [2.24, 2.45) is 0 Å². The molecule has 3 rings (SSSR count). The van der Waals surface area contributed by atoms with E-state index in [1.54, 1.807) is 23.3 Å². The molecule has 0 amide bonds. The van der Waals surface area contributed by atoms with E-state index < -0.39 is 0 Å². The van der Waals surface area contributed by atoms with E-state index in [-0.39, 0.29) is 0 Å². The molecule has 2 nitrogen and oxygen atoms in total. The Balaban J connectivity index is 1.88. The second-order valence-electron chi connectivity index (χ2n) is 5.88. The number of hydrogen-bond donors (Lipinski definition) is 1. The Morgan fingerprint density at radius 2 is 2.05 bits per heavy atom. The fourth-order valence-corrected chi connectivity index (χ4v) is 4.69. The van der Waals surface area contributed by atoms with Gasteiger partial charge in [-0.25, -0.2) is 4.98 Å². The minimum Gasteiger partial charge on any atom is -0.255 e. The van der Waals surface area contributed by atoms with Crippen molar-refractivity contribution in [3.05, 3.63) is 23.8 Å². The Bertz CT molecular complexity index is 571. The lowest BCUT2D eigenvalue weighted by atomic mass is 9.84. The molecule has 0 unspecified atom stereocenters. The van der Waals surface area contributed by atoms with E-state index >= 15 is 0 Å². The molecule has 1 aromatic heterocycles. The largest absolute Gasteiger partial charge is 0.255 e. The highest BCUT2D eigenvalue weighted by molar-refractivity contribution is 7.99. The van der Waals surface area contributed by atoms with E-state index in [1.807, 2.05) is 0 Å². The zero-order valence-electron chi connectivity index (χ0n) is 12.2. The maximum absolute atomic E-state index is 4.88. The standard InChI is InChI=1S/C16H22N2S2/c1-11(2)18-20-16-17-15-13(9-6-10-14(15)19-16)12-7-4-3-5-8-12/h6,9-12,18H,3-5,7-8H2,1-2H3. The first kappa shape index (κ1) is 14.4. The van der Waals surface area contributed by atoms with Crippen molar-refractivity contribution in [3.63, 3.8) is 0 Å². The van der Waals surface area contributed by atoms with Gasteiger partial charge in [0.1, 0.15) is 0 Å². The van der Waals surface area contributed by atoms with Crippen LogP contribution in [0.15, 0.2) is 22.5 Å². The van der Waals surface area contributed by atoms with Crippen LogP contribution >= 0.6 is 23.3 Å². The van der Waals surface area contributed by atoms with E-state index in [4.69, 9.17) is 4.98 Å². The summed E-state index contributed by atoms with van der Waals surface area (Å²) in [6.07, 6.45) is 6.83. The first-order chi connectivity index (χ1) is 9.74. The van der Waals surface area contributed by atoms with Crippen LogP contribution < -0.4 is 4.72 Å². The second kappa shape index (κ2) is 6.46. The van der Waals surface area contributed by atoms with Crippen molar-refractivity contribution < 1.29 is 0 Å². The van der Waals surface area contributed by atoms with E-state index in [9.17, 15) is 0 Å². The lowest BCUT2D eigenvalue weighted by Gasteiger charge is -2.22. The quantitative estimate of drug-likeness (QED) is 0.771. The summed E-state index contributed by atoms with van der Waals surface area (Å²) in [6.45, 7) is 4.32. The minimum absolute atomic E-state index is 0.477. The summed E-state index contributed by atoms with van der Waals surface area (Å²) < 4.78 is 5.86. The lowest BCUT2D eigenvalue weighted by molar-refractivity contribution is 0.445. The van der Waals surface area contributed by atoms with Gasteiger partial charge in [0.05, 0.1) is 10.2 Å². The SMILES string of the molecule is CC(C)NSc1nc2c(C3CCCCC3)cccc2s1. The molecule has 4 heteroatoms. The third kappa shape index (κ3) is 3.18. The second-order valence-corrected chi connectivity index (χ2v) is 8.00. The monoisotopic (exact) mass is 306 g/mol. The summed E-state index contributed by atoms with van der Waals surface area (Å²) in [5, 5.41) is 0. The summed E-state index contributed by atoms with van der Waals surface area (Å²) in [6, 6.07) is 7.18. The molecule has 1 saturated carbocycles. The van der Waals surface area contributed by atoms with Crippen molar-refractivity contribution in [3.8, 4) is 0 Å². The van der Waals surface area contributed by atoms with Gasteiger partial charge in [0.2, 0.25) is 0 Å². The van der Waals surface area contributed by atoms with Crippen LogP contribution in [-0.2, 0) is 0 Å². The predicted octanol–water partition coefficient (Wildman–Crippen LogP) is 5.35. The number of nitrogens with one attached hydrogen (secondary N) is 1. The van der Waals surface area contributed by atoms with Crippen molar-refractivity contribution >= 4 is 33.5 Å². The molecule has 0 spiro atoms. The van der Waals surface area contributed by atoms with E-state index in [0.717, 1.165) is 10.3 Å². The van der Waals surface area contributed by atoms with Crippen LogP contribution in [0.25, 0.3) is 10.2 Å². The summed E-state index contributed by atoms with van der Waals surface area (Å²) in [5.74, 6) is 0.727.